The van der Waals surface area contributed by atoms with Gasteiger partial charge in [0.1, 0.15) is 6.10 Å². The normalized spacial score (nSPS) is 12.2. The number of aromatic carboxylic acids is 1. The molecule has 0 aromatic heterocycles. The molecule has 1 aromatic rings. The molecule has 0 saturated heterocycles. The molecule has 1 aromatic carbocycles. The molecule has 4 nitrogen and oxygen atoms in total. The predicted octanol–water partition coefficient (Wildman–Crippen LogP) is 2.98. The Balaban J connectivity index is 2.84. The van der Waals surface area contributed by atoms with Crippen molar-refractivity contribution in [1.82, 2.24) is 0 Å². The van der Waals surface area contributed by atoms with Crippen molar-refractivity contribution in [2.24, 2.45) is 5.92 Å². The van der Waals surface area contributed by atoms with Crippen molar-refractivity contribution in [3.05, 3.63) is 35.4 Å². The van der Waals surface area contributed by atoms with Gasteiger partial charge in [0.2, 0.25) is 0 Å². The fraction of sp³-hybridized carbons (Fsp3) is 0.429. The van der Waals surface area contributed by atoms with Crippen LogP contribution in [0.4, 0.5) is 0 Å². The van der Waals surface area contributed by atoms with Gasteiger partial charge in [-0.1, -0.05) is 26.8 Å². The lowest BCUT2D eigenvalue weighted by Crippen LogP contribution is -2.23. The molecule has 0 saturated carbocycles. The highest BCUT2D eigenvalue weighted by molar-refractivity contribution is 5.94. The summed E-state index contributed by atoms with van der Waals surface area (Å²) >= 11 is 0. The Hall–Kier alpha value is -1.84. The van der Waals surface area contributed by atoms with E-state index in [1.165, 1.54) is 18.2 Å². The van der Waals surface area contributed by atoms with E-state index in [4.69, 9.17) is 9.84 Å². The van der Waals surface area contributed by atoms with Crippen molar-refractivity contribution in [3.63, 3.8) is 0 Å². The van der Waals surface area contributed by atoms with Gasteiger partial charge in [-0.3, -0.25) is 0 Å². The molecule has 4 heteroatoms. The number of carbonyl (C=O) groups excluding carboxylic acids is 1. The highest BCUT2D eigenvalue weighted by atomic mass is 16.5. The molecule has 0 bridgehead atoms. The van der Waals surface area contributed by atoms with E-state index in [9.17, 15) is 9.59 Å². The Morgan fingerprint density at radius 3 is 2.39 bits per heavy atom. The zero-order valence-electron chi connectivity index (χ0n) is 10.8. The van der Waals surface area contributed by atoms with E-state index < -0.39 is 11.9 Å². The first-order valence-electron chi connectivity index (χ1n) is 6.00. The van der Waals surface area contributed by atoms with Gasteiger partial charge in [0.15, 0.2) is 0 Å². The van der Waals surface area contributed by atoms with Crippen LogP contribution in [0.25, 0.3) is 0 Å². The molecule has 0 aliphatic carbocycles. The fourth-order valence-corrected chi connectivity index (χ4v) is 1.68. The number of esters is 1. The predicted molar refractivity (Wildman–Crippen MR) is 67.7 cm³/mol. The summed E-state index contributed by atoms with van der Waals surface area (Å²) in [5.74, 6) is -1.29. The van der Waals surface area contributed by atoms with Gasteiger partial charge in [-0.15, -0.1) is 0 Å². The SMILES string of the molecule is CCC(OC(=O)c1cccc(C(=O)O)c1)C(C)C. The molecule has 1 atom stereocenters. The third-order valence-corrected chi connectivity index (χ3v) is 2.75. The van der Waals surface area contributed by atoms with Crippen LogP contribution in [-0.4, -0.2) is 23.1 Å². The summed E-state index contributed by atoms with van der Waals surface area (Å²) in [6.45, 7) is 5.91. The van der Waals surface area contributed by atoms with Crippen molar-refractivity contribution in [3.8, 4) is 0 Å². The molecule has 0 radical (unpaired) electrons. The zero-order valence-corrected chi connectivity index (χ0v) is 10.8. The van der Waals surface area contributed by atoms with E-state index in [1.807, 2.05) is 20.8 Å². The average Bonchev–Trinajstić information content (AvgIpc) is 2.35. The van der Waals surface area contributed by atoms with Crippen molar-refractivity contribution >= 4 is 11.9 Å². The second-order valence-electron chi connectivity index (χ2n) is 4.48. The molecule has 1 rings (SSSR count). The molecule has 1 N–H and O–H groups in total. The zero-order chi connectivity index (χ0) is 13.7. The van der Waals surface area contributed by atoms with Gasteiger partial charge in [-0.05, 0) is 30.5 Å². The molecular formula is C14H18O4. The number of carbonyl (C=O) groups is 2. The smallest absolute Gasteiger partial charge is 0.338 e. The minimum Gasteiger partial charge on any atom is -0.478 e. The number of benzene rings is 1. The lowest BCUT2D eigenvalue weighted by molar-refractivity contribution is 0.0173. The van der Waals surface area contributed by atoms with Gasteiger partial charge in [0.25, 0.3) is 0 Å². The Morgan fingerprint density at radius 2 is 1.89 bits per heavy atom. The van der Waals surface area contributed by atoms with E-state index in [2.05, 4.69) is 0 Å². The van der Waals surface area contributed by atoms with E-state index in [0.29, 0.717) is 0 Å². The Morgan fingerprint density at radius 1 is 1.28 bits per heavy atom. The summed E-state index contributed by atoms with van der Waals surface area (Å²) in [6.07, 6.45) is 0.591. The third kappa shape index (κ3) is 3.58. The van der Waals surface area contributed by atoms with Crippen LogP contribution < -0.4 is 0 Å². The molecule has 0 spiro atoms. The summed E-state index contributed by atoms with van der Waals surface area (Å²) in [5, 5.41) is 8.86. The maximum absolute atomic E-state index is 11.9. The number of carboxylic acid groups (broad SMARTS) is 1. The summed E-state index contributed by atoms with van der Waals surface area (Å²) in [7, 11) is 0. The number of carboxylic acids is 1. The van der Waals surface area contributed by atoms with Crippen LogP contribution >= 0.6 is 0 Å². The number of ether oxygens (including phenoxy) is 1. The summed E-state index contributed by atoms with van der Waals surface area (Å²) in [6, 6.07) is 5.87. The minimum atomic E-state index is -1.06. The number of hydrogen-bond donors (Lipinski definition) is 1. The Bertz CT molecular complexity index is 437. The maximum atomic E-state index is 11.9. The highest BCUT2D eigenvalue weighted by Crippen LogP contribution is 2.14. The fourth-order valence-electron chi connectivity index (χ4n) is 1.68. The molecule has 0 aliphatic rings. The Kier molecular flexibility index (Phi) is 4.89. The summed E-state index contributed by atoms with van der Waals surface area (Å²) < 4.78 is 5.35. The van der Waals surface area contributed by atoms with Crippen LogP contribution in [0.5, 0.6) is 0 Å². The molecule has 98 valence electrons. The summed E-state index contributed by atoms with van der Waals surface area (Å²) in [5.41, 5.74) is 0.357. The maximum Gasteiger partial charge on any atom is 0.338 e. The van der Waals surface area contributed by atoms with Crippen molar-refractivity contribution in [2.75, 3.05) is 0 Å². The molecule has 0 heterocycles. The lowest BCUT2D eigenvalue weighted by Gasteiger charge is -2.19. The number of hydrogen-bond acceptors (Lipinski definition) is 3. The summed E-state index contributed by atoms with van der Waals surface area (Å²) in [4.78, 5) is 22.7. The van der Waals surface area contributed by atoms with Gasteiger partial charge in [-0.25, -0.2) is 9.59 Å². The quantitative estimate of drug-likeness (QED) is 0.816. The molecule has 18 heavy (non-hydrogen) atoms. The van der Waals surface area contributed by atoms with Crippen molar-refractivity contribution in [1.29, 1.82) is 0 Å². The third-order valence-electron chi connectivity index (χ3n) is 2.75. The van der Waals surface area contributed by atoms with Gasteiger partial charge in [-0.2, -0.15) is 0 Å². The standard InChI is InChI=1S/C14H18O4/c1-4-12(9(2)3)18-14(17)11-7-5-6-10(8-11)13(15)16/h5-9,12H,4H2,1-3H3,(H,15,16). The van der Waals surface area contributed by atoms with E-state index in [1.54, 1.807) is 6.07 Å². The first kappa shape index (κ1) is 14.2. The van der Waals surface area contributed by atoms with Crippen LogP contribution in [0.3, 0.4) is 0 Å². The van der Waals surface area contributed by atoms with Gasteiger partial charge in [0, 0.05) is 0 Å². The van der Waals surface area contributed by atoms with Crippen LogP contribution in [0.2, 0.25) is 0 Å². The second kappa shape index (κ2) is 6.19. The van der Waals surface area contributed by atoms with Crippen molar-refractivity contribution in [2.45, 2.75) is 33.3 Å². The molecular weight excluding hydrogens is 232 g/mol. The molecule has 1 unspecified atom stereocenters. The van der Waals surface area contributed by atoms with E-state index >= 15 is 0 Å². The number of rotatable bonds is 5. The van der Waals surface area contributed by atoms with Crippen molar-refractivity contribution < 1.29 is 19.4 Å². The topological polar surface area (TPSA) is 63.6 Å². The monoisotopic (exact) mass is 250 g/mol. The minimum absolute atomic E-state index is 0.0852. The van der Waals surface area contributed by atoms with Gasteiger partial charge < -0.3 is 9.84 Å². The van der Waals surface area contributed by atoms with Gasteiger partial charge >= 0.3 is 11.9 Å². The van der Waals surface area contributed by atoms with Crippen LogP contribution in [0.15, 0.2) is 24.3 Å². The van der Waals surface area contributed by atoms with Crippen LogP contribution in [-0.2, 0) is 4.74 Å². The van der Waals surface area contributed by atoms with E-state index in [0.717, 1.165) is 6.42 Å². The molecule has 0 aliphatic heterocycles. The Labute approximate surface area is 107 Å². The first-order valence-corrected chi connectivity index (χ1v) is 6.00. The molecule has 0 amide bonds. The van der Waals surface area contributed by atoms with E-state index in [-0.39, 0.29) is 23.1 Å². The highest BCUT2D eigenvalue weighted by Gasteiger charge is 2.18. The molecule has 0 fully saturated rings. The first-order chi connectivity index (χ1) is 8.45. The van der Waals surface area contributed by atoms with Crippen LogP contribution in [0.1, 0.15) is 47.9 Å². The second-order valence-corrected chi connectivity index (χ2v) is 4.48. The lowest BCUT2D eigenvalue weighted by atomic mass is 10.0. The largest absolute Gasteiger partial charge is 0.478 e. The van der Waals surface area contributed by atoms with Crippen LogP contribution in [0, 0.1) is 5.92 Å². The van der Waals surface area contributed by atoms with Gasteiger partial charge in [0.05, 0.1) is 11.1 Å². The average molecular weight is 250 g/mol.